The number of hydrogen-bond donors (Lipinski definition) is 2. The van der Waals surface area contributed by atoms with E-state index >= 15 is 0 Å². The van der Waals surface area contributed by atoms with Crippen molar-refractivity contribution in [3.8, 4) is 0 Å². The first-order chi connectivity index (χ1) is 8.88. The van der Waals surface area contributed by atoms with Gasteiger partial charge in [0.15, 0.2) is 0 Å². The van der Waals surface area contributed by atoms with Gasteiger partial charge in [0.05, 0.1) is 15.7 Å². The summed E-state index contributed by atoms with van der Waals surface area (Å²) in [6, 6.07) is 6.70. The van der Waals surface area contributed by atoms with Crippen molar-refractivity contribution in [1.82, 2.24) is 4.98 Å². The fraction of sp³-hybridized carbons (Fsp3) is 0. The molecule has 0 bridgehead atoms. The fourth-order valence-corrected chi connectivity index (χ4v) is 2.65. The summed E-state index contributed by atoms with van der Waals surface area (Å²) in [5, 5.41) is 0.567. The van der Waals surface area contributed by atoms with E-state index in [1.54, 1.807) is 0 Å². The predicted molar refractivity (Wildman–Crippen MR) is 74.3 cm³/mol. The number of H-pyrrole nitrogens is 1. The number of rotatable bonds is 3. The minimum atomic E-state index is -3.78. The van der Waals surface area contributed by atoms with Crippen LogP contribution in [0.15, 0.2) is 46.2 Å². The molecule has 0 atom stereocenters. The van der Waals surface area contributed by atoms with Gasteiger partial charge >= 0.3 is 0 Å². The second-order valence-corrected chi connectivity index (χ2v) is 6.12. The molecule has 1 heterocycles. The first-order valence-electron chi connectivity index (χ1n) is 5.05. The Kier molecular flexibility index (Phi) is 3.84. The van der Waals surface area contributed by atoms with Gasteiger partial charge in [0.25, 0.3) is 10.0 Å². The third-order valence-corrected chi connectivity index (χ3v) is 4.36. The Balaban J connectivity index is 2.33. The van der Waals surface area contributed by atoms with Gasteiger partial charge in [-0.05, 0) is 24.3 Å². The first kappa shape index (κ1) is 13.9. The Hall–Kier alpha value is -1.50. The standard InChI is InChI=1S/C11H8Cl2N2O3S/c12-9-3-1-7(5-10(9)13)15-19(17,18)8-2-4-11(16)14-6-8/h1-6,15H,(H,14,16). The van der Waals surface area contributed by atoms with E-state index in [-0.39, 0.29) is 21.2 Å². The Morgan fingerprint density at radius 2 is 1.79 bits per heavy atom. The smallest absolute Gasteiger partial charge is 0.263 e. The lowest BCUT2D eigenvalue weighted by atomic mass is 10.3. The van der Waals surface area contributed by atoms with Crippen LogP contribution in [0.1, 0.15) is 0 Å². The number of halogens is 2. The van der Waals surface area contributed by atoms with Crippen LogP contribution in [0.2, 0.25) is 10.0 Å². The van der Waals surface area contributed by atoms with Crippen molar-refractivity contribution >= 4 is 38.9 Å². The molecule has 1 aromatic heterocycles. The molecular formula is C11H8Cl2N2O3S. The highest BCUT2D eigenvalue weighted by Crippen LogP contribution is 2.26. The van der Waals surface area contributed by atoms with E-state index in [1.807, 2.05) is 0 Å². The van der Waals surface area contributed by atoms with Gasteiger partial charge in [-0.2, -0.15) is 0 Å². The lowest BCUT2D eigenvalue weighted by Crippen LogP contribution is -2.15. The molecule has 2 aromatic rings. The van der Waals surface area contributed by atoms with Crippen molar-refractivity contribution in [3.05, 3.63) is 56.9 Å². The summed E-state index contributed by atoms with van der Waals surface area (Å²) in [7, 11) is -3.78. The number of aromatic nitrogens is 1. The maximum atomic E-state index is 12.0. The van der Waals surface area contributed by atoms with E-state index in [1.165, 1.54) is 24.3 Å². The van der Waals surface area contributed by atoms with Gasteiger partial charge in [-0.15, -0.1) is 0 Å². The number of pyridine rings is 1. The Morgan fingerprint density at radius 3 is 2.37 bits per heavy atom. The summed E-state index contributed by atoms with van der Waals surface area (Å²) in [5.41, 5.74) is -0.103. The molecule has 0 fully saturated rings. The minimum absolute atomic E-state index is 0.0572. The van der Waals surface area contributed by atoms with Crippen LogP contribution in [-0.2, 0) is 10.0 Å². The van der Waals surface area contributed by atoms with Crippen molar-refractivity contribution in [1.29, 1.82) is 0 Å². The maximum Gasteiger partial charge on any atom is 0.263 e. The normalized spacial score (nSPS) is 11.3. The van der Waals surface area contributed by atoms with Crippen molar-refractivity contribution in [3.63, 3.8) is 0 Å². The van der Waals surface area contributed by atoms with Gasteiger partial charge in [-0.3, -0.25) is 9.52 Å². The van der Waals surface area contributed by atoms with Crippen LogP contribution >= 0.6 is 23.2 Å². The van der Waals surface area contributed by atoms with Crippen LogP contribution in [0.5, 0.6) is 0 Å². The quantitative estimate of drug-likeness (QED) is 0.912. The lowest BCUT2D eigenvalue weighted by molar-refractivity contribution is 0.600. The van der Waals surface area contributed by atoms with Gasteiger partial charge in [-0.1, -0.05) is 23.2 Å². The van der Waals surface area contributed by atoms with E-state index in [0.29, 0.717) is 5.02 Å². The molecule has 0 amide bonds. The first-order valence-corrected chi connectivity index (χ1v) is 7.29. The van der Waals surface area contributed by atoms with Crippen LogP contribution in [0.4, 0.5) is 5.69 Å². The van der Waals surface area contributed by atoms with Gasteiger partial charge in [0.1, 0.15) is 4.90 Å². The number of nitrogens with one attached hydrogen (secondary N) is 2. The van der Waals surface area contributed by atoms with Gasteiger partial charge < -0.3 is 4.98 Å². The average molecular weight is 319 g/mol. The molecule has 100 valence electrons. The zero-order chi connectivity index (χ0) is 14.0. The van der Waals surface area contributed by atoms with Gasteiger partial charge in [0.2, 0.25) is 5.56 Å². The molecule has 19 heavy (non-hydrogen) atoms. The van der Waals surface area contributed by atoms with E-state index in [2.05, 4.69) is 9.71 Å². The summed E-state index contributed by atoms with van der Waals surface area (Å²) in [6.07, 6.45) is 1.11. The highest BCUT2D eigenvalue weighted by molar-refractivity contribution is 7.92. The van der Waals surface area contributed by atoms with Crippen LogP contribution in [0, 0.1) is 0 Å². The van der Waals surface area contributed by atoms with Gasteiger partial charge in [-0.25, -0.2) is 8.42 Å². The molecule has 0 radical (unpaired) electrons. The fourth-order valence-electron chi connectivity index (χ4n) is 1.34. The monoisotopic (exact) mass is 318 g/mol. The molecule has 8 heteroatoms. The molecule has 0 spiro atoms. The van der Waals surface area contributed by atoms with Crippen molar-refractivity contribution in [2.24, 2.45) is 0 Å². The molecule has 1 aromatic carbocycles. The van der Waals surface area contributed by atoms with Crippen LogP contribution in [0.3, 0.4) is 0 Å². The topological polar surface area (TPSA) is 79.0 Å². The van der Waals surface area contributed by atoms with Crippen molar-refractivity contribution < 1.29 is 8.42 Å². The summed E-state index contributed by atoms with van der Waals surface area (Å²) >= 11 is 11.5. The second kappa shape index (κ2) is 5.24. The lowest BCUT2D eigenvalue weighted by Gasteiger charge is -2.08. The second-order valence-electron chi connectivity index (χ2n) is 3.62. The summed E-state index contributed by atoms with van der Waals surface area (Å²) in [5.74, 6) is 0. The third-order valence-electron chi connectivity index (χ3n) is 2.24. The molecule has 0 unspecified atom stereocenters. The summed E-state index contributed by atoms with van der Waals surface area (Å²) in [6.45, 7) is 0. The zero-order valence-electron chi connectivity index (χ0n) is 9.35. The predicted octanol–water partition coefficient (Wildman–Crippen LogP) is 2.48. The van der Waals surface area contributed by atoms with Crippen molar-refractivity contribution in [2.45, 2.75) is 4.90 Å². The van der Waals surface area contributed by atoms with Crippen LogP contribution in [0.25, 0.3) is 0 Å². The van der Waals surface area contributed by atoms with E-state index < -0.39 is 10.0 Å². The number of sulfonamides is 1. The molecule has 2 N–H and O–H groups in total. The molecule has 0 aliphatic rings. The van der Waals surface area contributed by atoms with Gasteiger partial charge in [0, 0.05) is 12.3 Å². The molecule has 0 aliphatic heterocycles. The summed E-state index contributed by atoms with van der Waals surface area (Å²) in [4.78, 5) is 13.1. The average Bonchev–Trinajstić information content (AvgIpc) is 2.34. The molecular weight excluding hydrogens is 311 g/mol. The largest absolute Gasteiger partial charge is 0.328 e. The third kappa shape index (κ3) is 3.28. The van der Waals surface area contributed by atoms with Crippen LogP contribution in [-0.4, -0.2) is 13.4 Å². The Labute approximate surface area is 119 Å². The number of benzene rings is 1. The maximum absolute atomic E-state index is 12.0. The summed E-state index contributed by atoms with van der Waals surface area (Å²) < 4.78 is 26.3. The molecule has 0 aliphatic carbocycles. The van der Waals surface area contributed by atoms with Crippen molar-refractivity contribution in [2.75, 3.05) is 4.72 Å². The number of anilines is 1. The zero-order valence-corrected chi connectivity index (χ0v) is 11.7. The highest BCUT2D eigenvalue weighted by Gasteiger charge is 2.14. The Bertz CT molecular complexity index is 751. The number of aromatic amines is 1. The van der Waals surface area contributed by atoms with E-state index in [4.69, 9.17) is 23.2 Å². The molecule has 2 rings (SSSR count). The minimum Gasteiger partial charge on any atom is -0.328 e. The van der Waals surface area contributed by atoms with E-state index in [0.717, 1.165) is 12.3 Å². The Morgan fingerprint density at radius 1 is 1.05 bits per heavy atom. The number of hydrogen-bond acceptors (Lipinski definition) is 3. The SMILES string of the molecule is O=c1ccc(S(=O)(=O)Nc2ccc(Cl)c(Cl)c2)c[nH]1. The highest BCUT2D eigenvalue weighted by atomic mass is 35.5. The molecule has 0 saturated heterocycles. The molecule has 5 nitrogen and oxygen atoms in total. The van der Waals surface area contributed by atoms with Crippen LogP contribution < -0.4 is 10.3 Å². The van der Waals surface area contributed by atoms with E-state index in [9.17, 15) is 13.2 Å². The molecule has 0 saturated carbocycles.